The number of carbonyl (C=O) groups excluding carboxylic acids is 2. The zero-order valence-electron chi connectivity index (χ0n) is 21.9. The number of aliphatic carboxylic acids is 1. The van der Waals surface area contributed by atoms with Gasteiger partial charge in [-0.25, -0.2) is 4.79 Å². The molecule has 0 aromatic heterocycles. The van der Waals surface area contributed by atoms with E-state index in [1.807, 2.05) is 82.3 Å². The fraction of sp³-hybridized carbons (Fsp3) is 0.483. The van der Waals surface area contributed by atoms with E-state index < -0.39 is 40.3 Å². The zero-order valence-corrected chi connectivity index (χ0v) is 22.7. The van der Waals surface area contributed by atoms with E-state index in [0.717, 1.165) is 16.7 Å². The largest absolute Gasteiger partial charge is 0.481 e. The summed E-state index contributed by atoms with van der Waals surface area (Å²) in [6.07, 6.45) is -0.281. The zero-order chi connectivity index (χ0) is 26.7. The second-order valence-electron chi connectivity index (χ2n) is 10.9. The summed E-state index contributed by atoms with van der Waals surface area (Å²) in [6, 6.07) is 17.1. The van der Waals surface area contributed by atoms with Crippen molar-refractivity contribution in [2.75, 3.05) is 5.75 Å². The molecule has 0 bridgehead atoms. The average Bonchev–Trinajstić information content (AvgIpc) is 3.13. The first-order valence-electron chi connectivity index (χ1n) is 12.4. The van der Waals surface area contributed by atoms with Crippen molar-refractivity contribution in [2.24, 2.45) is 17.8 Å². The normalized spacial score (nSPS) is 20.1. The van der Waals surface area contributed by atoms with Gasteiger partial charge in [0.15, 0.2) is 5.78 Å². The molecule has 7 heteroatoms. The number of ketones is 1. The first kappa shape index (κ1) is 27.8. The van der Waals surface area contributed by atoms with Crippen molar-refractivity contribution >= 4 is 29.6 Å². The molecule has 194 valence electrons. The third-order valence-electron chi connectivity index (χ3n) is 6.80. The highest BCUT2D eigenvalue weighted by Gasteiger charge is 2.51. The molecular weight excluding hydrogens is 474 g/mol. The maximum atomic E-state index is 13.5. The Hall–Kier alpha value is -2.80. The molecule has 6 nitrogen and oxygen atoms in total. The molecule has 1 unspecified atom stereocenters. The third-order valence-corrected chi connectivity index (χ3v) is 8.32. The maximum absolute atomic E-state index is 13.5. The summed E-state index contributed by atoms with van der Waals surface area (Å²) in [5, 5.41) is 12.6. The molecule has 3 atom stereocenters. The van der Waals surface area contributed by atoms with Crippen molar-refractivity contribution in [1.82, 2.24) is 5.32 Å². The summed E-state index contributed by atoms with van der Waals surface area (Å²) >= 11 is 1.49. The molecule has 1 aliphatic rings. The van der Waals surface area contributed by atoms with Crippen molar-refractivity contribution in [2.45, 2.75) is 64.4 Å². The number of ether oxygens (including phenoxy) is 1. The molecule has 2 aromatic rings. The van der Waals surface area contributed by atoms with Crippen molar-refractivity contribution in [3.63, 3.8) is 0 Å². The average molecular weight is 512 g/mol. The predicted octanol–water partition coefficient (Wildman–Crippen LogP) is 6.14. The minimum atomic E-state index is -0.977. The number of Topliss-reactive ketones (excluding diaryl/α,β-unsaturated/α-hetero) is 1. The van der Waals surface area contributed by atoms with Gasteiger partial charge in [-0.3, -0.25) is 9.59 Å². The molecule has 1 aliphatic heterocycles. The summed E-state index contributed by atoms with van der Waals surface area (Å²) in [7, 11) is 0. The molecule has 0 saturated carbocycles. The number of thioether (sulfide) groups is 1. The van der Waals surface area contributed by atoms with Gasteiger partial charge in [0.25, 0.3) is 0 Å². The minimum Gasteiger partial charge on any atom is -0.481 e. The SMILES string of the molecule is CC(C)C[C@H](NC(=O)OC(C)(C)c1ccc(-c2ccccc2)cc1)C(=O)C1CSC(C)(C)[C@H]1C(=O)O. The summed E-state index contributed by atoms with van der Waals surface area (Å²) in [4.78, 5) is 38.4. The molecule has 36 heavy (non-hydrogen) atoms. The summed E-state index contributed by atoms with van der Waals surface area (Å²) in [6.45, 7) is 11.3. The number of amides is 1. The number of benzene rings is 2. The summed E-state index contributed by atoms with van der Waals surface area (Å²) < 4.78 is 5.23. The van der Waals surface area contributed by atoms with Gasteiger partial charge in [-0.15, -0.1) is 0 Å². The standard InChI is InChI=1S/C29H37NO5S/c1-18(2)16-23(25(31)22-17-36-29(5,6)24(22)26(32)33)30-27(34)35-28(3,4)21-14-12-20(13-15-21)19-10-8-7-9-11-19/h7-15,18,22-24H,16-17H2,1-6H3,(H,30,34)(H,32,33)/t22?,23-,24+/m0/s1. The number of carboxylic acid groups (broad SMARTS) is 1. The lowest BCUT2D eigenvalue weighted by Crippen LogP contribution is -2.49. The summed E-state index contributed by atoms with van der Waals surface area (Å²) in [5.74, 6) is -2.13. The number of hydrogen-bond donors (Lipinski definition) is 2. The molecule has 0 aliphatic carbocycles. The quantitative estimate of drug-likeness (QED) is 0.420. The van der Waals surface area contributed by atoms with Crippen LogP contribution in [0.5, 0.6) is 0 Å². The molecule has 3 rings (SSSR count). The van der Waals surface area contributed by atoms with Crippen LogP contribution in [0.15, 0.2) is 54.6 Å². The smallest absolute Gasteiger partial charge is 0.408 e. The van der Waals surface area contributed by atoms with Gasteiger partial charge < -0.3 is 15.2 Å². The van der Waals surface area contributed by atoms with Crippen molar-refractivity contribution in [1.29, 1.82) is 0 Å². The highest BCUT2D eigenvalue weighted by atomic mass is 32.2. The van der Waals surface area contributed by atoms with Gasteiger partial charge in [-0.1, -0.05) is 68.4 Å². The molecule has 0 spiro atoms. The highest BCUT2D eigenvalue weighted by molar-refractivity contribution is 8.01. The van der Waals surface area contributed by atoms with Crippen LogP contribution in [0.3, 0.4) is 0 Å². The first-order valence-corrected chi connectivity index (χ1v) is 13.4. The van der Waals surface area contributed by atoms with E-state index in [4.69, 9.17) is 4.74 Å². The monoisotopic (exact) mass is 511 g/mol. The van der Waals surface area contributed by atoms with Gasteiger partial charge in [0.2, 0.25) is 0 Å². The number of hydrogen-bond acceptors (Lipinski definition) is 5. The number of carboxylic acids is 1. The Morgan fingerprint density at radius 1 is 1.06 bits per heavy atom. The Balaban J connectivity index is 1.72. The van der Waals surface area contributed by atoms with E-state index >= 15 is 0 Å². The van der Waals surface area contributed by atoms with Crippen LogP contribution in [0.4, 0.5) is 4.79 Å². The van der Waals surface area contributed by atoms with Gasteiger partial charge in [-0.2, -0.15) is 11.8 Å². The number of nitrogens with one attached hydrogen (secondary N) is 1. The van der Waals surface area contributed by atoms with Crippen molar-refractivity contribution < 1.29 is 24.2 Å². The second-order valence-corrected chi connectivity index (χ2v) is 12.6. The van der Waals surface area contributed by atoms with Gasteiger partial charge in [0, 0.05) is 16.4 Å². The molecule has 2 aromatic carbocycles. The van der Waals surface area contributed by atoms with E-state index in [-0.39, 0.29) is 11.7 Å². The van der Waals surface area contributed by atoms with E-state index in [1.54, 1.807) is 13.8 Å². The minimum absolute atomic E-state index is 0.128. The predicted molar refractivity (Wildman–Crippen MR) is 144 cm³/mol. The Kier molecular flexibility index (Phi) is 8.55. The van der Waals surface area contributed by atoms with Crippen LogP contribution in [0, 0.1) is 17.8 Å². The lowest BCUT2D eigenvalue weighted by molar-refractivity contribution is -0.147. The van der Waals surface area contributed by atoms with E-state index in [0.29, 0.717) is 12.2 Å². The van der Waals surface area contributed by atoms with E-state index in [9.17, 15) is 19.5 Å². The van der Waals surface area contributed by atoms with Gasteiger partial charge in [0.05, 0.1) is 12.0 Å². The fourth-order valence-corrected chi connectivity index (χ4v) is 6.23. The molecule has 1 saturated heterocycles. The third kappa shape index (κ3) is 6.49. The highest BCUT2D eigenvalue weighted by Crippen LogP contribution is 2.47. The molecule has 0 radical (unpaired) electrons. The summed E-state index contributed by atoms with van der Waals surface area (Å²) in [5.41, 5.74) is 2.06. The van der Waals surface area contributed by atoms with Crippen LogP contribution in [0.1, 0.15) is 53.5 Å². The van der Waals surface area contributed by atoms with Gasteiger partial charge in [-0.05, 0) is 56.7 Å². The topological polar surface area (TPSA) is 92.7 Å². The lowest BCUT2D eigenvalue weighted by atomic mass is 9.79. The van der Waals surface area contributed by atoms with E-state index in [1.165, 1.54) is 11.8 Å². The number of carbonyl (C=O) groups is 3. The van der Waals surface area contributed by atoms with Crippen LogP contribution in [0.2, 0.25) is 0 Å². The first-order chi connectivity index (χ1) is 16.8. The van der Waals surface area contributed by atoms with Crippen molar-refractivity contribution in [3.8, 4) is 11.1 Å². The molecule has 1 fully saturated rings. The fourth-order valence-electron chi connectivity index (χ4n) is 4.82. The Labute approximate surface area is 218 Å². The Bertz CT molecular complexity index is 1080. The lowest BCUT2D eigenvalue weighted by Gasteiger charge is -2.30. The van der Waals surface area contributed by atoms with Crippen LogP contribution in [-0.4, -0.2) is 39.5 Å². The van der Waals surface area contributed by atoms with E-state index in [2.05, 4.69) is 5.32 Å². The molecular formula is C29H37NO5S. The maximum Gasteiger partial charge on any atom is 0.408 e. The van der Waals surface area contributed by atoms with Crippen molar-refractivity contribution in [3.05, 3.63) is 60.2 Å². The van der Waals surface area contributed by atoms with Gasteiger partial charge in [0.1, 0.15) is 5.60 Å². The van der Waals surface area contributed by atoms with Crippen LogP contribution < -0.4 is 5.32 Å². The number of alkyl carbamates (subject to hydrolysis) is 1. The second kappa shape index (κ2) is 11.1. The van der Waals surface area contributed by atoms with Crippen LogP contribution >= 0.6 is 11.8 Å². The van der Waals surface area contributed by atoms with Crippen LogP contribution in [0.25, 0.3) is 11.1 Å². The Morgan fingerprint density at radius 2 is 1.64 bits per heavy atom. The van der Waals surface area contributed by atoms with Gasteiger partial charge >= 0.3 is 12.1 Å². The molecule has 1 amide bonds. The number of rotatable bonds is 9. The molecule has 2 N–H and O–H groups in total. The van der Waals surface area contributed by atoms with Crippen LogP contribution in [-0.2, 0) is 19.9 Å². The Morgan fingerprint density at radius 3 is 2.19 bits per heavy atom. The molecule has 1 heterocycles.